The van der Waals surface area contributed by atoms with Crippen LogP contribution in [0.4, 0.5) is 10.1 Å². The molecule has 0 spiro atoms. The van der Waals surface area contributed by atoms with Gasteiger partial charge in [0.15, 0.2) is 0 Å². The van der Waals surface area contributed by atoms with Crippen molar-refractivity contribution < 1.29 is 9.13 Å². The minimum Gasteiger partial charge on any atom is -0.487 e. The van der Waals surface area contributed by atoms with E-state index in [-0.39, 0.29) is 12.4 Å². The van der Waals surface area contributed by atoms with Gasteiger partial charge in [0.2, 0.25) is 0 Å². The highest BCUT2D eigenvalue weighted by Gasteiger charge is 2.07. The van der Waals surface area contributed by atoms with Crippen LogP contribution < -0.4 is 10.5 Å². The Balaban J connectivity index is 2.19. The Morgan fingerprint density at radius 2 is 2.05 bits per heavy atom. The van der Waals surface area contributed by atoms with Crippen molar-refractivity contribution >= 4 is 21.6 Å². The van der Waals surface area contributed by atoms with E-state index in [0.29, 0.717) is 22.6 Å². The molecule has 5 heteroatoms. The van der Waals surface area contributed by atoms with Gasteiger partial charge in [-0.05, 0) is 36.4 Å². The summed E-state index contributed by atoms with van der Waals surface area (Å²) in [7, 11) is 0. The van der Waals surface area contributed by atoms with Crippen molar-refractivity contribution in [3.05, 3.63) is 57.8 Å². The SMILES string of the molecule is N#Cc1cc(N)ccc1OCc1cc(F)ccc1Br. The second-order valence-electron chi connectivity index (χ2n) is 3.89. The number of nitrogens with zero attached hydrogens (tertiary/aromatic N) is 1. The summed E-state index contributed by atoms with van der Waals surface area (Å²) in [6, 6.07) is 11.2. The molecule has 0 aromatic heterocycles. The van der Waals surface area contributed by atoms with Crippen LogP contribution in [0.1, 0.15) is 11.1 Å². The first-order valence-corrected chi connectivity index (χ1v) is 6.26. The van der Waals surface area contributed by atoms with Gasteiger partial charge in [-0.1, -0.05) is 15.9 Å². The molecule has 0 aliphatic heterocycles. The van der Waals surface area contributed by atoms with Crippen molar-refractivity contribution in [2.24, 2.45) is 0 Å². The van der Waals surface area contributed by atoms with Crippen molar-refractivity contribution in [3.8, 4) is 11.8 Å². The number of nitrogen functional groups attached to an aromatic ring is 1. The Morgan fingerprint density at radius 3 is 2.79 bits per heavy atom. The zero-order chi connectivity index (χ0) is 13.8. The molecule has 0 amide bonds. The van der Waals surface area contributed by atoms with Gasteiger partial charge < -0.3 is 10.5 Å². The fraction of sp³-hybridized carbons (Fsp3) is 0.0714. The first-order chi connectivity index (χ1) is 9.10. The number of benzene rings is 2. The van der Waals surface area contributed by atoms with Crippen LogP contribution in [0.15, 0.2) is 40.9 Å². The molecule has 0 aliphatic rings. The zero-order valence-electron chi connectivity index (χ0n) is 9.86. The molecule has 0 heterocycles. The van der Waals surface area contributed by atoms with E-state index in [1.54, 1.807) is 18.2 Å². The van der Waals surface area contributed by atoms with Crippen molar-refractivity contribution in [3.63, 3.8) is 0 Å². The Bertz CT molecular complexity index is 652. The van der Waals surface area contributed by atoms with Gasteiger partial charge in [-0.15, -0.1) is 0 Å². The number of ether oxygens (including phenoxy) is 1. The summed E-state index contributed by atoms with van der Waals surface area (Å²) in [6.45, 7) is 0.164. The van der Waals surface area contributed by atoms with Gasteiger partial charge >= 0.3 is 0 Å². The molecular formula is C14H10BrFN2O. The predicted octanol–water partition coefficient (Wildman–Crippen LogP) is 3.62. The van der Waals surface area contributed by atoms with Crippen LogP contribution in [0.5, 0.6) is 5.75 Å². The summed E-state index contributed by atoms with van der Waals surface area (Å²) < 4.78 is 19.4. The summed E-state index contributed by atoms with van der Waals surface area (Å²) >= 11 is 3.32. The highest BCUT2D eigenvalue weighted by Crippen LogP contribution is 2.24. The number of halogens is 2. The van der Waals surface area contributed by atoms with E-state index in [9.17, 15) is 4.39 Å². The van der Waals surface area contributed by atoms with Gasteiger partial charge in [-0.25, -0.2) is 4.39 Å². The largest absolute Gasteiger partial charge is 0.487 e. The fourth-order valence-electron chi connectivity index (χ4n) is 1.57. The normalized spacial score (nSPS) is 9.95. The van der Waals surface area contributed by atoms with E-state index in [0.717, 1.165) is 4.47 Å². The summed E-state index contributed by atoms with van der Waals surface area (Å²) in [4.78, 5) is 0. The van der Waals surface area contributed by atoms with E-state index in [1.807, 2.05) is 6.07 Å². The van der Waals surface area contributed by atoms with E-state index in [4.69, 9.17) is 15.7 Å². The number of nitrogens with two attached hydrogens (primary N) is 1. The van der Waals surface area contributed by atoms with E-state index in [2.05, 4.69) is 15.9 Å². The number of hydrogen-bond acceptors (Lipinski definition) is 3. The summed E-state index contributed by atoms with van der Waals surface area (Å²) in [5.74, 6) is 0.0903. The van der Waals surface area contributed by atoms with E-state index >= 15 is 0 Å². The quantitative estimate of drug-likeness (QED) is 0.879. The molecule has 0 bridgehead atoms. The van der Waals surface area contributed by atoms with Crippen molar-refractivity contribution in [2.45, 2.75) is 6.61 Å². The van der Waals surface area contributed by atoms with Crippen molar-refractivity contribution in [1.29, 1.82) is 5.26 Å². The molecule has 0 atom stereocenters. The number of anilines is 1. The molecule has 19 heavy (non-hydrogen) atoms. The molecular weight excluding hydrogens is 311 g/mol. The Hall–Kier alpha value is -2.06. The van der Waals surface area contributed by atoms with Crippen LogP contribution in [-0.4, -0.2) is 0 Å². The average molecular weight is 321 g/mol. The fourth-order valence-corrected chi connectivity index (χ4v) is 1.93. The van der Waals surface area contributed by atoms with Crippen molar-refractivity contribution in [2.75, 3.05) is 5.73 Å². The summed E-state index contributed by atoms with van der Waals surface area (Å²) in [5.41, 5.74) is 7.11. The predicted molar refractivity (Wildman–Crippen MR) is 74.0 cm³/mol. The number of hydrogen-bond donors (Lipinski definition) is 1. The molecule has 3 nitrogen and oxygen atoms in total. The molecule has 2 rings (SSSR count). The first kappa shape index (κ1) is 13.4. The molecule has 0 aliphatic carbocycles. The highest BCUT2D eigenvalue weighted by molar-refractivity contribution is 9.10. The van der Waals surface area contributed by atoms with Gasteiger partial charge in [0.05, 0.1) is 5.56 Å². The molecule has 0 radical (unpaired) electrons. The minimum absolute atomic E-state index is 0.164. The van der Waals surface area contributed by atoms with Crippen molar-refractivity contribution in [1.82, 2.24) is 0 Å². The maximum absolute atomic E-state index is 13.1. The van der Waals surface area contributed by atoms with Crippen LogP contribution in [0.2, 0.25) is 0 Å². The summed E-state index contributed by atoms with van der Waals surface area (Å²) in [6.07, 6.45) is 0. The second-order valence-corrected chi connectivity index (χ2v) is 4.75. The molecule has 0 fully saturated rings. The second kappa shape index (κ2) is 5.72. The Kier molecular flexibility index (Phi) is 4.03. The van der Waals surface area contributed by atoms with Crippen LogP contribution in [0.25, 0.3) is 0 Å². The van der Waals surface area contributed by atoms with E-state index < -0.39 is 0 Å². The smallest absolute Gasteiger partial charge is 0.137 e. The van der Waals surface area contributed by atoms with Gasteiger partial charge in [-0.2, -0.15) is 5.26 Å². The molecule has 0 saturated heterocycles. The lowest BCUT2D eigenvalue weighted by Crippen LogP contribution is -1.99. The topological polar surface area (TPSA) is 59.0 Å². The molecule has 96 valence electrons. The number of nitriles is 1. The zero-order valence-corrected chi connectivity index (χ0v) is 11.4. The average Bonchev–Trinajstić information content (AvgIpc) is 2.40. The maximum atomic E-state index is 13.1. The monoisotopic (exact) mass is 320 g/mol. The minimum atomic E-state index is -0.334. The number of rotatable bonds is 3. The molecule has 0 saturated carbocycles. The molecule has 2 aromatic carbocycles. The van der Waals surface area contributed by atoms with Crippen LogP contribution in [0.3, 0.4) is 0 Å². The van der Waals surface area contributed by atoms with Gasteiger partial charge in [0, 0.05) is 15.7 Å². The molecule has 2 N–H and O–H groups in total. The lowest BCUT2D eigenvalue weighted by atomic mass is 10.2. The third kappa shape index (κ3) is 3.24. The third-order valence-electron chi connectivity index (χ3n) is 2.52. The Morgan fingerprint density at radius 1 is 1.26 bits per heavy atom. The maximum Gasteiger partial charge on any atom is 0.137 e. The first-order valence-electron chi connectivity index (χ1n) is 5.46. The molecule has 0 unspecified atom stereocenters. The van der Waals surface area contributed by atoms with E-state index in [1.165, 1.54) is 18.2 Å². The lowest BCUT2D eigenvalue weighted by Gasteiger charge is -2.09. The standard InChI is InChI=1S/C14H10BrFN2O/c15-13-3-1-11(16)5-10(13)8-19-14-4-2-12(18)6-9(14)7-17/h1-6H,8,18H2. The Labute approximate surface area is 118 Å². The lowest BCUT2D eigenvalue weighted by molar-refractivity contribution is 0.304. The van der Waals surface area contributed by atoms with Crippen LogP contribution in [0, 0.1) is 17.1 Å². The van der Waals surface area contributed by atoms with Gasteiger partial charge in [0.1, 0.15) is 24.2 Å². The third-order valence-corrected chi connectivity index (χ3v) is 3.29. The van der Waals surface area contributed by atoms with Gasteiger partial charge in [-0.3, -0.25) is 0 Å². The summed E-state index contributed by atoms with van der Waals surface area (Å²) in [5, 5.41) is 8.98. The van der Waals surface area contributed by atoms with Crippen LogP contribution in [-0.2, 0) is 6.61 Å². The molecule has 2 aromatic rings. The van der Waals surface area contributed by atoms with Crippen LogP contribution >= 0.6 is 15.9 Å². The van der Waals surface area contributed by atoms with Gasteiger partial charge in [0.25, 0.3) is 0 Å². The highest BCUT2D eigenvalue weighted by atomic mass is 79.9.